The van der Waals surface area contributed by atoms with E-state index < -0.39 is 14.9 Å². The van der Waals surface area contributed by atoms with Gasteiger partial charge in [0.1, 0.15) is 10.6 Å². The van der Waals surface area contributed by atoms with E-state index in [-0.39, 0.29) is 28.7 Å². The van der Waals surface area contributed by atoms with E-state index in [1.165, 1.54) is 21.1 Å². The summed E-state index contributed by atoms with van der Waals surface area (Å²) in [5.74, 6) is 0.409. The number of aromatic nitrogens is 2. The second kappa shape index (κ2) is 7.45. The Labute approximate surface area is 162 Å². The lowest BCUT2D eigenvalue weighted by atomic mass is 10.2. The fourth-order valence-corrected chi connectivity index (χ4v) is 5.19. The molecule has 0 unspecified atom stereocenters. The molecular weight excluding hydrogens is 394 g/mol. The van der Waals surface area contributed by atoms with Crippen molar-refractivity contribution in [1.82, 2.24) is 14.1 Å². The summed E-state index contributed by atoms with van der Waals surface area (Å²) in [5, 5.41) is 15.9. The third-order valence-corrected chi connectivity index (χ3v) is 6.97. The molecule has 0 radical (unpaired) electrons. The van der Waals surface area contributed by atoms with Crippen molar-refractivity contribution in [2.75, 3.05) is 31.1 Å². The van der Waals surface area contributed by atoms with Crippen LogP contribution in [0.25, 0.3) is 0 Å². The largest absolute Gasteiger partial charge is 0.348 e. The number of halogens is 1. The van der Waals surface area contributed by atoms with Gasteiger partial charge in [0, 0.05) is 33.2 Å². The fraction of sp³-hybridized carbons (Fsp3) is 0.438. The molecule has 1 saturated heterocycles. The van der Waals surface area contributed by atoms with Crippen LogP contribution in [0.4, 0.5) is 11.5 Å². The number of anilines is 1. The molecule has 11 heteroatoms. The van der Waals surface area contributed by atoms with Crippen molar-refractivity contribution in [2.45, 2.75) is 18.2 Å². The minimum Gasteiger partial charge on any atom is -0.348 e. The molecule has 1 aliphatic rings. The summed E-state index contributed by atoms with van der Waals surface area (Å²) in [6, 6.07) is 6.31. The second-order valence-corrected chi connectivity index (χ2v) is 8.49. The van der Waals surface area contributed by atoms with Gasteiger partial charge in [0.05, 0.1) is 9.95 Å². The molecule has 0 N–H and O–H groups in total. The van der Waals surface area contributed by atoms with Crippen LogP contribution in [0.5, 0.6) is 0 Å². The lowest BCUT2D eigenvalue weighted by Crippen LogP contribution is -2.49. The van der Waals surface area contributed by atoms with Crippen LogP contribution in [0.1, 0.15) is 12.6 Å². The number of nitrogens with zero attached hydrogens (tertiary/aromatic N) is 5. The Morgan fingerprint density at radius 3 is 2.41 bits per heavy atom. The van der Waals surface area contributed by atoms with Crippen LogP contribution >= 0.6 is 11.6 Å². The number of sulfonamides is 1. The predicted octanol–water partition coefficient (Wildman–Crippen LogP) is 2.05. The normalized spacial score (nSPS) is 15.9. The van der Waals surface area contributed by atoms with Gasteiger partial charge in [0.15, 0.2) is 0 Å². The first kappa shape index (κ1) is 19.6. The maximum absolute atomic E-state index is 12.8. The highest BCUT2D eigenvalue weighted by Crippen LogP contribution is 2.33. The molecular formula is C16H20ClN5O4S. The van der Waals surface area contributed by atoms with Crippen LogP contribution in [-0.4, -0.2) is 53.6 Å². The third kappa shape index (κ3) is 3.52. The SMILES string of the molecule is CCc1nn(C)c(N2CCN(S(=O)(=O)c3ccccc3Cl)CC2)c1[N+](=O)[O-]. The molecule has 0 aliphatic carbocycles. The minimum atomic E-state index is -3.72. The van der Waals surface area contributed by atoms with Crippen LogP contribution in [0.15, 0.2) is 29.2 Å². The van der Waals surface area contributed by atoms with E-state index in [9.17, 15) is 18.5 Å². The molecule has 1 fully saturated rings. The van der Waals surface area contributed by atoms with Crippen LogP contribution in [0, 0.1) is 10.1 Å². The number of aryl methyl sites for hydroxylation is 2. The molecule has 3 rings (SSSR count). The average molecular weight is 414 g/mol. The van der Waals surface area contributed by atoms with Crippen molar-refractivity contribution in [3.63, 3.8) is 0 Å². The molecule has 1 aromatic heterocycles. The number of nitro groups is 1. The Balaban J connectivity index is 1.84. The lowest BCUT2D eigenvalue weighted by molar-refractivity contribution is -0.384. The van der Waals surface area contributed by atoms with Crippen molar-refractivity contribution in [3.05, 3.63) is 45.1 Å². The number of hydrogen-bond donors (Lipinski definition) is 0. The Bertz CT molecular complexity index is 967. The maximum Gasteiger partial charge on any atom is 0.334 e. The number of benzene rings is 1. The van der Waals surface area contributed by atoms with Crippen molar-refractivity contribution < 1.29 is 13.3 Å². The average Bonchev–Trinajstić information content (AvgIpc) is 2.98. The van der Waals surface area contributed by atoms with Crippen LogP contribution < -0.4 is 4.90 Å². The monoisotopic (exact) mass is 413 g/mol. The summed E-state index contributed by atoms with van der Waals surface area (Å²) in [6.45, 7) is 2.88. The summed E-state index contributed by atoms with van der Waals surface area (Å²) in [5.41, 5.74) is 0.408. The molecule has 0 saturated carbocycles. The van der Waals surface area contributed by atoms with Gasteiger partial charge in [-0.3, -0.25) is 10.1 Å². The molecule has 1 aliphatic heterocycles. The summed E-state index contributed by atoms with van der Waals surface area (Å²) in [6.07, 6.45) is 0.449. The van der Waals surface area contributed by atoms with E-state index in [0.717, 1.165) is 0 Å². The quantitative estimate of drug-likeness (QED) is 0.549. The van der Waals surface area contributed by atoms with E-state index in [1.807, 2.05) is 11.8 Å². The zero-order valence-electron chi connectivity index (χ0n) is 15.0. The summed E-state index contributed by atoms with van der Waals surface area (Å²) in [7, 11) is -2.05. The molecule has 0 bridgehead atoms. The van der Waals surface area contributed by atoms with Gasteiger partial charge < -0.3 is 4.90 Å². The smallest absolute Gasteiger partial charge is 0.334 e. The van der Waals surface area contributed by atoms with E-state index >= 15 is 0 Å². The summed E-state index contributed by atoms with van der Waals surface area (Å²) in [4.78, 5) is 13.0. The zero-order valence-corrected chi connectivity index (χ0v) is 16.6. The van der Waals surface area contributed by atoms with Gasteiger partial charge in [-0.15, -0.1) is 0 Å². The van der Waals surface area contributed by atoms with Gasteiger partial charge in [-0.1, -0.05) is 30.7 Å². The van der Waals surface area contributed by atoms with Gasteiger partial charge in [-0.2, -0.15) is 9.40 Å². The highest BCUT2D eigenvalue weighted by molar-refractivity contribution is 7.89. The molecule has 9 nitrogen and oxygen atoms in total. The Hall–Kier alpha value is -2.17. The highest BCUT2D eigenvalue weighted by atomic mass is 35.5. The van der Waals surface area contributed by atoms with Crippen molar-refractivity contribution in [2.24, 2.45) is 7.05 Å². The molecule has 27 heavy (non-hydrogen) atoms. The Morgan fingerprint density at radius 2 is 1.85 bits per heavy atom. The van der Waals surface area contributed by atoms with Gasteiger partial charge in [0.25, 0.3) is 0 Å². The number of hydrogen-bond acceptors (Lipinski definition) is 6. The van der Waals surface area contributed by atoms with E-state index in [0.29, 0.717) is 31.0 Å². The molecule has 2 heterocycles. The zero-order chi connectivity index (χ0) is 19.8. The Morgan fingerprint density at radius 1 is 1.22 bits per heavy atom. The van der Waals surface area contributed by atoms with Gasteiger partial charge in [-0.05, 0) is 18.6 Å². The van der Waals surface area contributed by atoms with Gasteiger partial charge in [-0.25, -0.2) is 13.1 Å². The van der Waals surface area contributed by atoms with E-state index in [4.69, 9.17) is 11.6 Å². The summed E-state index contributed by atoms with van der Waals surface area (Å²) >= 11 is 6.04. The maximum atomic E-state index is 12.8. The fourth-order valence-electron chi connectivity index (χ4n) is 3.27. The van der Waals surface area contributed by atoms with Crippen molar-refractivity contribution >= 4 is 33.1 Å². The first-order valence-corrected chi connectivity index (χ1v) is 10.3. The number of rotatable bonds is 5. The van der Waals surface area contributed by atoms with Crippen LogP contribution in [0.2, 0.25) is 5.02 Å². The first-order chi connectivity index (χ1) is 12.8. The molecule has 146 valence electrons. The second-order valence-electron chi connectivity index (χ2n) is 6.17. The van der Waals surface area contributed by atoms with Crippen molar-refractivity contribution in [1.29, 1.82) is 0 Å². The molecule has 0 amide bonds. The van der Waals surface area contributed by atoms with Crippen molar-refractivity contribution in [3.8, 4) is 0 Å². The molecule has 2 aromatic rings. The summed E-state index contributed by atoms with van der Waals surface area (Å²) < 4.78 is 28.5. The van der Waals surface area contributed by atoms with Gasteiger partial charge >= 0.3 is 5.69 Å². The Kier molecular flexibility index (Phi) is 5.41. The standard InChI is InChI=1S/C16H20ClN5O4S/c1-3-13-15(22(23)24)16(19(2)18-13)20-8-10-21(11-9-20)27(25,26)14-7-5-4-6-12(14)17/h4-7H,3,8-11H2,1-2H3. The highest BCUT2D eigenvalue weighted by Gasteiger charge is 2.35. The molecule has 0 atom stereocenters. The topological polar surface area (TPSA) is 102 Å². The van der Waals surface area contributed by atoms with Crippen LogP contribution in [0.3, 0.4) is 0 Å². The molecule has 0 spiro atoms. The molecule has 1 aromatic carbocycles. The first-order valence-electron chi connectivity index (χ1n) is 8.47. The van der Waals surface area contributed by atoms with E-state index in [1.54, 1.807) is 19.2 Å². The minimum absolute atomic E-state index is 0.0117. The van der Waals surface area contributed by atoms with E-state index in [2.05, 4.69) is 5.10 Å². The van der Waals surface area contributed by atoms with Gasteiger partial charge in [0.2, 0.25) is 15.8 Å². The number of piperazine rings is 1. The lowest BCUT2D eigenvalue weighted by Gasteiger charge is -2.34. The third-order valence-electron chi connectivity index (χ3n) is 4.57. The van der Waals surface area contributed by atoms with Crippen LogP contribution in [-0.2, 0) is 23.5 Å². The predicted molar refractivity (Wildman–Crippen MR) is 102 cm³/mol.